The van der Waals surface area contributed by atoms with Crippen molar-refractivity contribution in [3.8, 4) is 17.2 Å². The largest absolute Gasteiger partial charge is 0.493 e. The van der Waals surface area contributed by atoms with Gasteiger partial charge in [-0.2, -0.15) is 0 Å². The van der Waals surface area contributed by atoms with Crippen LogP contribution in [0.25, 0.3) is 0 Å². The molecule has 0 saturated heterocycles. The van der Waals surface area contributed by atoms with E-state index < -0.39 is 0 Å². The van der Waals surface area contributed by atoms with E-state index >= 15 is 0 Å². The lowest BCUT2D eigenvalue weighted by molar-refractivity contribution is 0.0834. The molecule has 1 aliphatic carbocycles. The zero-order valence-corrected chi connectivity index (χ0v) is 14.4. The van der Waals surface area contributed by atoms with Crippen LogP contribution < -0.4 is 14.2 Å². The third kappa shape index (κ3) is 2.70. The lowest BCUT2D eigenvalue weighted by atomic mass is 10.0. The molecule has 2 aromatic rings. The number of pyridine rings is 1. The fourth-order valence-electron chi connectivity index (χ4n) is 3.18. The first kappa shape index (κ1) is 15.3. The third-order valence-electron chi connectivity index (χ3n) is 4.78. The van der Waals surface area contributed by atoms with Crippen LogP contribution in [0.2, 0.25) is 0 Å². The van der Waals surface area contributed by atoms with Crippen molar-refractivity contribution in [1.29, 1.82) is 0 Å². The van der Waals surface area contributed by atoms with Gasteiger partial charge in [0.25, 0.3) is 0 Å². The zero-order chi connectivity index (χ0) is 16.7. The molecule has 0 amide bonds. The van der Waals surface area contributed by atoms with E-state index in [0.29, 0.717) is 29.9 Å². The molecule has 1 saturated carbocycles. The Labute approximate surface area is 142 Å². The van der Waals surface area contributed by atoms with Crippen molar-refractivity contribution >= 4 is 0 Å². The molecule has 24 heavy (non-hydrogen) atoms. The summed E-state index contributed by atoms with van der Waals surface area (Å²) in [5.74, 6) is 3.26. The maximum atomic E-state index is 6.30. The quantitative estimate of drug-likeness (QED) is 0.823. The van der Waals surface area contributed by atoms with Gasteiger partial charge in [0.05, 0.1) is 12.8 Å². The van der Waals surface area contributed by atoms with Crippen LogP contribution in [0.3, 0.4) is 0 Å². The van der Waals surface area contributed by atoms with Crippen LogP contribution in [0.4, 0.5) is 0 Å². The highest BCUT2D eigenvalue weighted by molar-refractivity contribution is 5.57. The fraction of sp³-hybridized carbons (Fsp3) is 0.450. The van der Waals surface area contributed by atoms with E-state index in [1.807, 2.05) is 12.3 Å². The van der Waals surface area contributed by atoms with E-state index in [0.717, 1.165) is 17.0 Å². The first-order valence-electron chi connectivity index (χ1n) is 8.63. The smallest absolute Gasteiger partial charge is 0.204 e. The van der Waals surface area contributed by atoms with E-state index in [2.05, 4.69) is 37.0 Å². The molecule has 1 aromatic carbocycles. The molecule has 0 radical (unpaired) electrons. The van der Waals surface area contributed by atoms with E-state index in [1.165, 1.54) is 18.4 Å². The highest BCUT2D eigenvalue weighted by Crippen LogP contribution is 2.47. The number of ether oxygens (including phenoxy) is 3. The number of hydrogen-bond acceptors (Lipinski definition) is 4. The molecule has 4 nitrogen and oxygen atoms in total. The summed E-state index contributed by atoms with van der Waals surface area (Å²) in [6.07, 6.45) is 4.38. The van der Waals surface area contributed by atoms with Gasteiger partial charge in [-0.25, -0.2) is 0 Å². The molecular formula is C20H23NO3. The molecule has 0 bridgehead atoms. The first-order valence-corrected chi connectivity index (χ1v) is 8.63. The number of rotatable bonds is 4. The third-order valence-corrected chi connectivity index (χ3v) is 4.78. The van der Waals surface area contributed by atoms with Crippen molar-refractivity contribution in [2.75, 3.05) is 13.7 Å². The molecular weight excluding hydrogens is 302 g/mol. The van der Waals surface area contributed by atoms with Crippen LogP contribution in [0.1, 0.15) is 61.4 Å². The van der Waals surface area contributed by atoms with E-state index in [-0.39, 0.29) is 6.10 Å². The SMILES string of the molecule is COc1ccc(C(C)C)c2c1OC[C@@H](c1ccc(C3CC3)cn1)O2. The molecule has 1 aliphatic heterocycles. The van der Waals surface area contributed by atoms with Crippen LogP contribution >= 0.6 is 0 Å². The maximum Gasteiger partial charge on any atom is 0.204 e. The second kappa shape index (κ2) is 6.00. The summed E-state index contributed by atoms with van der Waals surface area (Å²) in [7, 11) is 1.65. The predicted molar refractivity (Wildman–Crippen MR) is 92.2 cm³/mol. The van der Waals surface area contributed by atoms with Crippen molar-refractivity contribution in [3.63, 3.8) is 0 Å². The Morgan fingerprint density at radius 2 is 1.96 bits per heavy atom. The summed E-state index contributed by atoms with van der Waals surface area (Å²) >= 11 is 0. The maximum absolute atomic E-state index is 6.30. The van der Waals surface area contributed by atoms with E-state index in [1.54, 1.807) is 7.11 Å². The summed E-state index contributed by atoms with van der Waals surface area (Å²) < 4.78 is 17.7. The van der Waals surface area contributed by atoms with Crippen molar-refractivity contribution < 1.29 is 14.2 Å². The Hall–Kier alpha value is -2.23. The molecule has 0 unspecified atom stereocenters. The predicted octanol–water partition coefficient (Wildman–Crippen LogP) is 4.60. The van der Waals surface area contributed by atoms with Crippen molar-refractivity contribution in [2.24, 2.45) is 0 Å². The Balaban J connectivity index is 1.64. The van der Waals surface area contributed by atoms with Crippen LogP contribution in [-0.4, -0.2) is 18.7 Å². The van der Waals surface area contributed by atoms with Gasteiger partial charge < -0.3 is 14.2 Å². The number of benzene rings is 1. The summed E-state index contributed by atoms with van der Waals surface area (Å²) in [6, 6.07) is 8.24. The average molecular weight is 325 g/mol. The van der Waals surface area contributed by atoms with Gasteiger partial charge in [0, 0.05) is 11.8 Å². The van der Waals surface area contributed by atoms with Gasteiger partial charge in [0.1, 0.15) is 6.61 Å². The fourth-order valence-corrected chi connectivity index (χ4v) is 3.18. The van der Waals surface area contributed by atoms with Crippen molar-refractivity contribution in [2.45, 2.75) is 44.6 Å². The molecule has 2 aliphatic rings. The minimum absolute atomic E-state index is 0.185. The number of methoxy groups -OCH3 is 1. The lowest BCUT2D eigenvalue weighted by Crippen LogP contribution is -2.24. The Kier molecular flexibility index (Phi) is 3.83. The first-order chi connectivity index (χ1) is 11.7. The van der Waals surface area contributed by atoms with Crippen LogP contribution in [0.5, 0.6) is 17.2 Å². The Bertz CT molecular complexity index is 735. The highest BCUT2D eigenvalue weighted by Gasteiger charge is 2.30. The molecule has 4 heteroatoms. The second-order valence-electron chi connectivity index (χ2n) is 6.88. The van der Waals surface area contributed by atoms with Gasteiger partial charge in [-0.1, -0.05) is 26.0 Å². The van der Waals surface area contributed by atoms with E-state index in [4.69, 9.17) is 14.2 Å². The molecule has 2 heterocycles. The number of fused-ring (bicyclic) bond motifs is 1. The standard InChI is InChI=1S/C20H23NO3/c1-12(2)15-7-9-17(22-3)20-19(15)24-18(11-23-20)16-8-6-14(10-21-16)13-4-5-13/h6-10,12-13,18H,4-5,11H2,1-3H3/t18-/m0/s1. The number of nitrogens with zero attached hydrogens (tertiary/aromatic N) is 1. The van der Waals surface area contributed by atoms with Gasteiger partial charge in [-0.3, -0.25) is 4.98 Å². The van der Waals surface area contributed by atoms with Gasteiger partial charge in [-0.15, -0.1) is 0 Å². The molecule has 4 rings (SSSR count). The molecule has 126 valence electrons. The van der Waals surface area contributed by atoms with Crippen molar-refractivity contribution in [1.82, 2.24) is 4.98 Å². The van der Waals surface area contributed by atoms with Gasteiger partial charge in [0.2, 0.25) is 5.75 Å². The lowest BCUT2D eigenvalue weighted by Gasteiger charge is -2.29. The second-order valence-corrected chi connectivity index (χ2v) is 6.88. The summed E-state index contributed by atoms with van der Waals surface area (Å²) in [6.45, 7) is 4.75. The van der Waals surface area contributed by atoms with E-state index in [9.17, 15) is 0 Å². The highest BCUT2D eigenvalue weighted by atomic mass is 16.6. The topological polar surface area (TPSA) is 40.6 Å². The Morgan fingerprint density at radius 3 is 2.58 bits per heavy atom. The van der Waals surface area contributed by atoms with Crippen molar-refractivity contribution in [3.05, 3.63) is 47.3 Å². The molecule has 0 spiro atoms. The monoisotopic (exact) mass is 325 g/mol. The summed E-state index contributed by atoms with van der Waals surface area (Å²) in [4.78, 5) is 4.62. The normalized spacial score (nSPS) is 19.4. The number of hydrogen-bond donors (Lipinski definition) is 0. The molecule has 1 aromatic heterocycles. The van der Waals surface area contributed by atoms with Crippen LogP contribution in [0, 0.1) is 0 Å². The average Bonchev–Trinajstić information content (AvgIpc) is 3.45. The molecule has 0 N–H and O–H groups in total. The Morgan fingerprint density at radius 1 is 1.12 bits per heavy atom. The zero-order valence-electron chi connectivity index (χ0n) is 14.4. The minimum atomic E-state index is -0.185. The van der Waals surface area contributed by atoms with Gasteiger partial charge in [0.15, 0.2) is 17.6 Å². The van der Waals surface area contributed by atoms with Gasteiger partial charge in [-0.05, 0) is 42.4 Å². The molecule has 1 atom stereocenters. The van der Waals surface area contributed by atoms with Crippen LogP contribution in [0.15, 0.2) is 30.5 Å². The molecule has 1 fully saturated rings. The minimum Gasteiger partial charge on any atom is -0.493 e. The van der Waals surface area contributed by atoms with Crippen LogP contribution in [-0.2, 0) is 0 Å². The summed E-state index contributed by atoms with van der Waals surface area (Å²) in [5.41, 5.74) is 3.38. The summed E-state index contributed by atoms with van der Waals surface area (Å²) in [5, 5.41) is 0. The van der Waals surface area contributed by atoms with Gasteiger partial charge >= 0.3 is 0 Å². The number of aromatic nitrogens is 1.